The lowest BCUT2D eigenvalue weighted by atomic mass is 10.0. The fraction of sp³-hybridized carbons (Fsp3) is 0. The highest BCUT2D eigenvalue weighted by atomic mass is 14.9. The van der Waals surface area contributed by atoms with Crippen LogP contribution in [0.1, 0.15) is 0 Å². The molecule has 206 valence electrons. The molecule has 0 N–H and O–H groups in total. The van der Waals surface area contributed by atoms with Crippen LogP contribution in [0.25, 0.3) is 78.0 Å². The minimum absolute atomic E-state index is 0.702. The van der Waals surface area contributed by atoms with E-state index < -0.39 is 0 Å². The first-order valence-corrected chi connectivity index (χ1v) is 14.8. The molecule has 8 aromatic rings. The molecule has 0 bridgehead atoms. The van der Waals surface area contributed by atoms with Gasteiger partial charge in [0.2, 0.25) is 0 Å². The van der Waals surface area contributed by atoms with E-state index in [2.05, 4.69) is 140 Å². The first kappa shape index (κ1) is 25.8. The fourth-order valence-corrected chi connectivity index (χ4v) is 5.71. The number of hydrogen-bond donors (Lipinski definition) is 0. The highest BCUT2D eigenvalue weighted by molar-refractivity contribution is 5.97. The van der Waals surface area contributed by atoms with E-state index in [4.69, 9.17) is 15.0 Å². The van der Waals surface area contributed by atoms with Crippen LogP contribution in [0.15, 0.2) is 164 Å². The molecule has 0 aliphatic heterocycles. The second-order valence-electron chi connectivity index (χ2n) is 10.9. The summed E-state index contributed by atoms with van der Waals surface area (Å²) >= 11 is 0. The third-order valence-corrected chi connectivity index (χ3v) is 8.08. The summed E-state index contributed by atoms with van der Waals surface area (Å²) in [7, 11) is 0. The zero-order valence-electron chi connectivity index (χ0n) is 23.9. The zero-order valence-corrected chi connectivity index (χ0v) is 23.9. The Morgan fingerprint density at radius 3 is 1.41 bits per heavy atom. The van der Waals surface area contributed by atoms with Gasteiger partial charge in [-0.2, -0.15) is 0 Å². The first-order chi connectivity index (χ1) is 21.8. The molecule has 2 aromatic heterocycles. The molecule has 6 aromatic carbocycles. The topological polar surface area (TPSA) is 38.7 Å². The average Bonchev–Trinajstić information content (AvgIpc) is 3.11. The van der Waals surface area contributed by atoms with Crippen LogP contribution in [0.3, 0.4) is 0 Å². The molecular formula is C41H27N3. The van der Waals surface area contributed by atoms with Gasteiger partial charge in [0.25, 0.3) is 0 Å². The van der Waals surface area contributed by atoms with E-state index in [9.17, 15) is 0 Å². The van der Waals surface area contributed by atoms with Gasteiger partial charge in [0.1, 0.15) is 0 Å². The predicted octanol–water partition coefficient (Wildman–Crippen LogP) is 10.5. The number of rotatable bonds is 5. The van der Waals surface area contributed by atoms with Crippen molar-refractivity contribution in [2.45, 2.75) is 0 Å². The van der Waals surface area contributed by atoms with Crippen molar-refractivity contribution in [3.8, 4) is 56.3 Å². The van der Waals surface area contributed by atoms with Gasteiger partial charge in [-0.1, -0.05) is 140 Å². The molecule has 0 aliphatic rings. The highest BCUT2D eigenvalue weighted by Crippen LogP contribution is 2.31. The Morgan fingerprint density at radius 2 is 0.750 bits per heavy atom. The Balaban J connectivity index is 1.16. The Kier molecular flexibility index (Phi) is 6.47. The monoisotopic (exact) mass is 561 g/mol. The van der Waals surface area contributed by atoms with Gasteiger partial charge in [0.05, 0.1) is 22.6 Å². The Labute approximate surface area is 256 Å². The minimum atomic E-state index is 0.702. The van der Waals surface area contributed by atoms with E-state index in [1.165, 1.54) is 21.9 Å². The maximum atomic E-state index is 5.05. The summed E-state index contributed by atoms with van der Waals surface area (Å²) in [6.45, 7) is 0. The van der Waals surface area contributed by atoms with Gasteiger partial charge in [-0.25, -0.2) is 15.0 Å². The standard InChI is InChI=1S/C41H27N3/c1-3-9-28(10-4-1)29-15-21-33(22-16-29)41-43-39(30-11-5-2-6-12-30)27-40(44-41)32-19-17-31(18-20-32)37-24-23-36-25-34-13-7-8-14-35(34)26-38(36)42-37/h1-27H. The number of fused-ring (bicyclic) bond motifs is 2. The van der Waals surface area contributed by atoms with E-state index in [0.717, 1.165) is 50.2 Å². The molecule has 0 saturated carbocycles. The van der Waals surface area contributed by atoms with Crippen LogP contribution in [0, 0.1) is 0 Å². The van der Waals surface area contributed by atoms with Gasteiger partial charge in [-0.05, 0) is 46.2 Å². The van der Waals surface area contributed by atoms with Gasteiger partial charge in [0.15, 0.2) is 5.82 Å². The first-order valence-electron chi connectivity index (χ1n) is 14.8. The second-order valence-corrected chi connectivity index (χ2v) is 10.9. The van der Waals surface area contributed by atoms with Crippen LogP contribution >= 0.6 is 0 Å². The molecule has 0 spiro atoms. The molecule has 44 heavy (non-hydrogen) atoms. The van der Waals surface area contributed by atoms with E-state index in [-0.39, 0.29) is 0 Å². The molecule has 0 saturated heterocycles. The Morgan fingerprint density at radius 1 is 0.273 bits per heavy atom. The van der Waals surface area contributed by atoms with Gasteiger partial charge in [-0.3, -0.25) is 0 Å². The van der Waals surface area contributed by atoms with Crippen molar-refractivity contribution in [3.05, 3.63) is 164 Å². The second kappa shape index (κ2) is 11.0. The summed E-state index contributed by atoms with van der Waals surface area (Å²) in [5.41, 5.74) is 10.2. The van der Waals surface area contributed by atoms with Crippen LogP contribution in [0.4, 0.5) is 0 Å². The van der Waals surface area contributed by atoms with Crippen molar-refractivity contribution in [3.63, 3.8) is 0 Å². The van der Waals surface area contributed by atoms with E-state index >= 15 is 0 Å². The smallest absolute Gasteiger partial charge is 0.160 e. The largest absolute Gasteiger partial charge is 0.248 e. The number of nitrogens with zero attached hydrogens (tertiary/aromatic N) is 3. The predicted molar refractivity (Wildman–Crippen MR) is 182 cm³/mol. The van der Waals surface area contributed by atoms with Gasteiger partial charge in [-0.15, -0.1) is 0 Å². The van der Waals surface area contributed by atoms with E-state index in [1.807, 2.05) is 24.3 Å². The highest BCUT2D eigenvalue weighted by Gasteiger charge is 2.12. The quantitative estimate of drug-likeness (QED) is 0.196. The molecule has 0 atom stereocenters. The summed E-state index contributed by atoms with van der Waals surface area (Å²) in [6, 6.07) is 56.8. The normalized spacial score (nSPS) is 11.2. The summed E-state index contributed by atoms with van der Waals surface area (Å²) in [5, 5.41) is 3.57. The molecule has 3 nitrogen and oxygen atoms in total. The lowest BCUT2D eigenvalue weighted by Crippen LogP contribution is -1.96. The van der Waals surface area contributed by atoms with Gasteiger partial charge in [0, 0.05) is 27.6 Å². The van der Waals surface area contributed by atoms with E-state index in [0.29, 0.717) is 5.82 Å². The SMILES string of the molecule is c1ccc(-c2ccc(-c3nc(-c4ccccc4)cc(-c4ccc(-c5ccc6cc7ccccc7cc6n5)cc4)n3)cc2)cc1. The number of hydrogen-bond acceptors (Lipinski definition) is 3. The number of aromatic nitrogens is 3. The number of benzene rings is 6. The third-order valence-electron chi connectivity index (χ3n) is 8.08. The molecule has 0 unspecified atom stereocenters. The van der Waals surface area contributed by atoms with Crippen LogP contribution in [0.5, 0.6) is 0 Å². The fourth-order valence-electron chi connectivity index (χ4n) is 5.71. The molecule has 0 aliphatic carbocycles. The van der Waals surface area contributed by atoms with E-state index in [1.54, 1.807) is 0 Å². The molecule has 0 amide bonds. The lowest BCUT2D eigenvalue weighted by molar-refractivity contribution is 1.18. The summed E-state index contributed by atoms with van der Waals surface area (Å²) < 4.78 is 0. The van der Waals surface area contributed by atoms with Crippen LogP contribution < -0.4 is 0 Å². The molecule has 2 heterocycles. The summed E-state index contributed by atoms with van der Waals surface area (Å²) in [5.74, 6) is 0.702. The molecule has 0 radical (unpaired) electrons. The maximum Gasteiger partial charge on any atom is 0.160 e. The molecule has 0 fully saturated rings. The van der Waals surface area contributed by atoms with Crippen LogP contribution in [0.2, 0.25) is 0 Å². The van der Waals surface area contributed by atoms with Gasteiger partial charge < -0.3 is 0 Å². The van der Waals surface area contributed by atoms with Crippen molar-refractivity contribution in [1.29, 1.82) is 0 Å². The molecular weight excluding hydrogens is 534 g/mol. The van der Waals surface area contributed by atoms with Crippen LogP contribution in [-0.2, 0) is 0 Å². The minimum Gasteiger partial charge on any atom is -0.248 e. The molecule has 3 heteroatoms. The van der Waals surface area contributed by atoms with Gasteiger partial charge >= 0.3 is 0 Å². The Bertz CT molecular complexity index is 2240. The van der Waals surface area contributed by atoms with Crippen molar-refractivity contribution in [1.82, 2.24) is 15.0 Å². The van der Waals surface area contributed by atoms with Crippen molar-refractivity contribution in [2.24, 2.45) is 0 Å². The Hall–Kier alpha value is -5.93. The molecule has 8 rings (SSSR count). The van der Waals surface area contributed by atoms with Crippen LogP contribution in [-0.4, -0.2) is 15.0 Å². The summed E-state index contributed by atoms with van der Waals surface area (Å²) in [6.07, 6.45) is 0. The number of pyridine rings is 1. The zero-order chi connectivity index (χ0) is 29.3. The third kappa shape index (κ3) is 5.01. The van der Waals surface area contributed by atoms with Crippen molar-refractivity contribution in [2.75, 3.05) is 0 Å². The maximum absolute atomic E-state index is 5.05. The lowest BCUT2D eigenvalue weighted by Gasteiger charge is -2.11. The average molecular weight is 562 g/mol. The van der Waals surface area contributed by atoms with Crippen molar-refractivity contribution >= 4 is 21.7 Å². The summed E-state index contributed by atoms with van der Waals surface area (Å²) in [4.78, 5) is 15.1. The van der Waals surface area contributed by atoms with Crippen molar-refractivity contribution < 1.29 is 0 Å².